The van der Waals surface area contributed by atoms with E-state index in [1.54, 1.807) is 6.08 Å². The van der Waals surface area contributed by atoms with Crippen molar-refractivity contribution in [3.8, 4) is 0 Å². The summed E-state index contributed by atoms with van der Waals surface area (Å²) in [5.41, 5.74) is 0. The molecule has 1 unspecified atom stereocenters. The first kappa shape index (κ1) is 51.7. The molecule has 0 amide bonds. The van der Waals surface area contributed by atoms with Crippen LogP contribution in [0.2, 0.25) is 0 Å². The highest BCUT2D eigenvalue weighted by atomic mass is 31.2. The van der Waals surface area contributed by atoms with Gasteiger partial charge in [-0.15, -0.1) is 0 Å². The zero-order chi connectivity index (χ0) is 40.2. The van der Waals surface area contributed by atoms with E-state index >= 15 is 0 Å². The van der Waals surface area contributed by atoms with Crippen LogP contribution in [-0.2, 0) is 32.7 Å². The molecule has 0 saturated heterocycles. The average molecular weight is 783 g/mol. The van der Waals surface area contributed by atoms with Crippen molar-refractivity contribution in [1.82, 2.24) is 0 Å². The lowest BCUT2D eigenvalue weighted by Crippen LogP contribution is -2.37. The number of esters is 2. The van der Waals surface area contributed by atoms with Gasteiger partial charge in [0.15, 0.2) is 6.10 Å². The van der Waals surface area contributed by atoms with Crippen molar-refractivity contribution in [3.63, 3.8) is 0 Å². The number of nitrogens with zero attached hydrogens (tertiary/aromatic N) is 1. The van der Waals surface area contributed by atoms with Crippen molar-refractivity contribution in [3.05, 3.63) is 60.8 Å². The topological polar surface area (TPSA) is 129 Å². The van der Waals surface area contributed by atoms with Gasteiger partial charge in [-0.1, -0.05) is 145 Å². The molecule has 54 heavy (non-hydrogen) atoms. The number of ether oxygens (including phenoxy) is 2. The summed E-state index contributed by atoms with van der Waals surface area (Å²) in [5, 5.41) is 9.47. The van der Waals surface area contributed by atoms with Gasteiger partial charge in [0.1, 0.15) is 19.8 Å². The van der Waals surface area contributed by atoms with Gasteiger partial charge in [-0.25, -0.2) is 4.57 Å². The summed E-state index contributed by atoms with van der Waals surface area (Å²) < 4.78 is 34.1. The summed E-state index contributed by atoms with van der Waals surface area (Å²) in [6.07, 6.45) is 38.0. The maximum absolute atomic E-state index is 12.6. The van der Waals surface area contributed by atoms with Gasteiger partial charge in [-0.3, -0.25) is 18.6 Å². The normalized spacial score (nSPS) is 14.9. The fourth-order valence-electron chi connectivity index (χ4n) is 5.06. The largest absolute Gasteiger partial charge is 0.472 e. The van der Waals surface area contributed by atoms with Crippen LogP contribution in [0, 0.1) is 0 Å². The highest BCUT2D eigenvalue weighted by molar-refractivity contribution is 7.47. The van der Waals surface area contributed by atoms with Crippen LogP contribution in [0.25, 0.3) is 0 Å². The van der Waals surface area contributed by atoms with Crippen molar-refractivity contribution in [2.75, 3.05) is 47.5 Å². The summed E-state index contributed by atoms with van der Waals surface area (Å²) >= 11 is 0. The molecule has 0 aliphatic carbocycles. The lowest BCUT2D eigenvalue weighted by Gasteiger charge is -2.24. The van der Waals surface area contributed by atoms with Gasteiger partial charge in [0.05, 0.1) is 33.9 Å². The number of carbonyl (C=O) groups excluding carboxylic acids is 2. The predicted molar refractivity (Wildman–Crippen MR) is 221 cm³/mol. The van der Waals surface area contributed by atoms with Crippen LogP contribution in [0.4, 0.5) is 0 Å². The van der Waals surface area contributed by atoms with Gasteiger partial charge >= 0.3 is 19.8 Å². The van der Waals surface area contributed by atoms with E-state index in [-0.39, 0.29) is 32.2 Å². The second-order valence-corrected chi connectivity index (χ2v) is 16.3. The van der Waals surface area contributed by atoms with E-state index in [0.717, 1.165) is 38.5 Å². The van der Waals surface area contributed by atoms with Crippen molar-refractivity contribution < 1.29 is 47.2 Å². The standard InChI is InChI=1S/C43H76NO9P/c1-6-8-9-10-11-12-13-19-22-25-28-31-34-42(46)50-38-41(39-52-54(48,49)51-37-36-44(3,4)5)53-43(47)35-32-29-26-23-20-17-15-14-16-18-21-24-27-30-33-40(45)7-2/h15-18,23-24,26-27,30,33,40-41,45H,6-14,19-22,25,28-29,31-32,34-39H2,1-5H3/p+1/b17-15-,18-16-,26-23-,27-24-,33-30+/t40-,41-/m1/s1. The van der Waals surface area contributed by atoms with Gasteiger partial charge in [0.25, 0.3) is 0 Å². The predicted octanol–water partition coefficient (Wildman–Crippen LogP) is 10.3. The summed E-state index contributed by atoms with van der Waals surface area (Å²) in [6, 6.07) is 0. The fraction of sp³-hybridized carbons (Fsp3) is 0.721. The summed E-state index contributed by atoms with van der Waals surface area (Å²) in [6.45, 7) is 3.99. The SMILES string of the molecule is CCCCCCCCCCCCCCC(=O)OC[C@H](COP(=O)(O)OCC[N+](C)(C)C)OC(=O)CCC/C=C\C/C=C\C/C=C\C/C=C\C=C\[C@H](O)CC. The summed E-state index contributed by atoms with van der Waals surface area (Å²) in [4.78, 5) is 35.2. The van der Waals surface area contributed by atoms with Crippen LogP contribution >= 0.6 is 7.82 Å². The summed E-state index contributed by atoms with van der Waals surface area (Å²) in [5.74, 6) is -0.890. The van der Waals surface area contributed by atoms with Gasteiger partial charge in [-0.05, 0) is 44.9 Å². The van der Waals surface area contributed by atoms with Gasteiger partial charge < -0.3 is 24.0 Å². The minimum atomic E-state index is -4.40. The van der Waals surface area contributed by atoms with Crippen LogP contribution in [0.1, 0.15) is 142 Å². The maximum Gasteiger partial charge on any atom is 0.472 e. The number of hydrogen-bond donors (Lipinski definition) is 2. The Morgan fingerprint density at radius 2 is 1.20 bits per heavy atom. The number of hydrogen-bond acceptors (Lipinski definition) is 8. The molecule has 0 fully saturated rings. The number of unbranched alkanes of at least 4 members (excludes halogenated alkanes) is 12. The van der Waals surface area contributed by atoms with Crippen LogP contribution in [0.15, 0.2) is 60.8 Å². The molecule has 2 N–H and O–H groups in total. The maximum atomic E-state index is 12.6. The Hall–Kier alpha value is -2.33. The van der Waals surface area contributed by atoms with Gasteiger partial charge in [0, 0.05) is 12.8 Å². The number of rotatable bonds is 36. The molecule has 312 valence electrons. The number of phosphoric ester groups is 1. The van der Waals surface area contributed by atoms with E-state index in [1.165, 1.54) is 57.8 Å². The lowest BCUT2D eigenvalue weighted by atomic mass is 10.0. The molecule has 0 heterocycles. The second kappa shape index (κ2) is 35.1. The summed E-state index contributed by atoms with van der Waals surface area (Å²) in [7, 11) is 1.41. The highest BCUT2D eigenvalue weighted by Crippen LogP contribution is 2.43. The lowest BCUT2D eigenvalue weighted by molar-refractivity contribution is -0.870. The number of phosphoric acid groups is 1. The molecular weight excluding hydrogens is 705 g/mol. The molecule has 0 aromatic carbocycles. The van der Waals surface area contributed by atoms with E-state index in [4.69, 9.17) is 18.5 Å². The Kier molecular flexibility index (Phi) is 33.6. The first-order chi connectivity index (χ1) is 25.9. The fourth-order valence-corrected chi connectivity index (χ4v) is 5.80. The molecule has 0 aromatic heterocycles. The van der Waals surface area contributed by atoms with Gasteiger partial charge in [-0.2, -0.15) is 0 Å². The molecule has 11 heteroatoms. The smallest absolute Gasteiger partial charge is 0.462 e. The van der Waals surface area contributed by atoms with E-state index in [9.17, 15) is 24.2 Å². The first-order valence-corrected chi connectivity index (χ1v) is 22.1. The quantitative estimate of drug-likeness (QED) is 0.0159. The number of likely N-dealkylation sites (N-methyl/N-ethyl adjacent to an activating group) is 1. The third kappa shape index (κ3) is 38.0. The van der Waals surface area contributed by atoms with Gasteiger partial charge in [0.2, 0.25) is 0 Å². The molecule has 3 atom stereocenters. The minimum absolute atomic E-state index is 0.0129. The van der Waals surface area contributed by atoms with Crippen molar-refractivity contribution in [1.29, 1.82) is 0 Å². The van der Waals surface area contributed by atoms with Crippen molar-refractivity contribution in [2.24, 2.45) is 0 Å². The molecular formula is C43H77NO9P+. The zero-order valence-corrected chi connectivity index (χ0v) is 35.4. The molecule has 0 aliphatic heterocycles. The number of quaternary nitrogens is 1. The number of aliphatic hydroxyl groups is 1. The highest BCUT2D eigenvalue weighted by Gasteiger charge is 2.27. The Morgan fingerprint density at radius 3 is 1.78 bits per heavy atom. The Morgan fingerprint density at radius 1 is 0.667 bits per heavy atom. The Balaban J connectivity index is 4.53. The number of carbonyl (C=O) groups is 2. The third-order valence-electron chi connectivity index (χ3n) is 8.47. The molecule has 0 spiro atoms. The minimum Gasteiger partial charge on any atom is -0.462 e. The molecule has 0 rings (SSSR count). The molecule has 0 radical (unpaired) electrons. The molecule has 0 saturated carbocycles. The monoisotopic (exact) mass is 783 g/mol. The molecule has 10 nitrogen and oxygen atoms in total. The van der Waals surface area contributed by atoms with Crippen LogP contribution in [-0.4, -0.2) is 86.1 Å². The Bertz CT molecular complexity index is 1130. The number of allylic oxidation sites excluding steroid dienone is 9. The van der Waals surface area contributed by atoms with E-state index in [1.807, 2.05) is 52.4 Å². The van der Waals surface area contributed by atoms with Crippen LogP contribution in [0.3, 0.4) is 0 Å². The second-order valence-electron chi connectivity index (χ2n) is 14.8. The van der Waals surface area contributed by atoms with Crippen LogP contribution < -0.4 is 0 Å². The van der Waals surface area contributed by atoms with Crippen LogP contribution in [0.5, 0.6) is 0 Å². The van der Waals surface area contributed by atoms with Crippen molar-refractivity contribution in [2.45, 2.75) is 154 Å². The molecule has 0 aromatic rings. The number of aliphatic hydroxyl groups excluding tert-OH is 1. The molecule has 0 aliphatic rings. The van der Waals surface area contributed by atoms with Crippen molar-refractivity contribution >= 4 is 19.8 Å². The zero-order valence-electron chi connectivity index (χ0n) is 34.5. The molecule has 0 bridgehead atoms. The van der Waals surface area contributed by atoms with E-state index < -0.39 is 32.5 Å². The van der Waals surface area contributed by atoms with E-state index in [2.05, 4.69) is 37.3 Å². The Labute approximate surface area is 329 Å². The average Bonchev–Trinajstić information content (AvgIpc) is 3.12. The third-order valence-corrected chi connectivity index (χ3v) is 9.45. The first-order valence-electron chi connectivity index (χ1n) is 20.6. The van der Waals surface area contributed by atoms with E-state index in [0.29, 0.717) is 30.3 Å².